The number of aliphatic hydroxyl groups is 1. The van der Waals surface area contributed by atoms with Crippen LogP contribution in [0.4, 0.5) is 0 Å². The molecule has 0 radical (unpaired) electrons. The molecule has 2 unspecified atom stereocenters. The Morgan fingerprint density at radius 2 is 2.00 bits per heavy atom. The van der Waals surface area contributed by atoms with Crippen LogP contribution in [-0.2, 0) is 0 Å². The fourth-order valence-corrected chi connectivity index (χ4v) is 2.66. The molecule has 0 bridgehead atoms. The van der Waals surface area contributed by atoms with E-state index in [1.165, 1.54) is 19.3 Å². The van der Waals surface area contributed by atoms with Crippen molar-refractivity contribution in [1.29, 1.82) is 0 Å². The highest BCUT2D eigenvalue weighted by molar-refractivity contribution is 4.93. The van der Waals surface area contributed by atoms with E-state index in [4.69, 9.17) is 0 Å². The van der Waals surface area contributed by atoms with Crippen LogP contribution in [0.1, 0.15) is 52.4 Å². The van der Waals surface area contributed by atoms with Gasteiger partial charge in [0.05, 0.1) is 6.10 Å². The van der Waals surface area contributed by atoms with E-state index < -0.39 is 0 Å². The third-order valence-corrected chi connectivity index (χ3v) is 4.16. The second-order valence-electron chi connectivity index (χ2n) is 5.14. The maximum Gasteiger partial charge on any atom is 0.0724 e. The number of likely N-dealkylation sites (tertiary alicyclic amines) is 1. The molecule has 0 spiro atoms. The van der Waals surface area contributed by atoms with Gasteiger partial charge in [-0.15, -0.1) is 6.58 Å². The van der Waals surface area contributed by atoms with Gasteiger partial charge >= 0.3 is 0 Å². The largest absolute Gasteiger partial charge is 0.391 e. The average molecular weight is 225 g/mol. The summed E-state index contributed by atoms with van der Waals surface area (Å²) in [5.74, 6) is 0. The predicted octanol–water partition coefficient (Wildman–Crippen LogP) is 2.97. The molecule has 94 valence electrons. The summed E-state index contributed by atoms with van der Waals surface area (Å²) >= 11 is 0. The maximum atomic E-state index is 10.4. The zero-order valence-corrected chi connectivity index (χ0v) is 10.9. The standard InChI is InChI=1S/C14H27NO/c1-4-6-10-13(16)14(3,5-2)15-11-8-7-9-12-15/h4,13,16H,1,5-12H2,2-3H3. The van der Waals surface area contributed by atoms with Crippen molar-refractivity contribution < 1.29 is 5.11 Å². The van der Waals surface area contributed by atoms with Crippen LogP contribution >= 0.6 is 0 Å². The minimum absolute atomic E-state index is 0.0383. The highest BCUT2D eigenvalue weighted by Gasteiger charge is 2.37. The molecule has 2 nitrogen and oxygen atoms in total. The molecule has 1 heterocycles. The molecule has 1 N–H and O–H groups in total. The predicted molar refractivity (Wildman–Crippen MR) is 69.6 cm³/mol. The fourth-order valence-electron chi connectivity index (χ4n) is 2.66. The van der Waals surface area contributed by atoms with Gasteiger partial charge in [-0.2, -0.15) is 0 Å². The van der Waals surface area contributed by atoms with Gasteiger partial charge in [0.25, 0.3) is 0 Å². The molecule has 0 aliphatic carbocycles. The number of nitrogens with zero attached hydrogens (tertiary/aromatic N) is 1. The first-order valence-corrected chi connectivity index (χ1v) is 6.69. The highest BCUT2D eigenvalue weighted by atomic mass is 16.3. The minimum atomic E-state index is -0.228. The van der Waals surface area contributed by atoms with E-state index in [1.807, 2.05) is 6.08 Å². The highest BCUT2D eigenvalue weighted by Crippen LogP contribution is 2.29. The van der Waals surface area contributed by atoms with E-state index in [0.717, 1.165) is 32.4 Å². The van der Waals surface area contributed by atoms with Crippen LogP contribution in [-0.4, -0.2) is 34.7 Å². The van der Waals surface area contributed by atoms with Crippen LogP contribution in [0, 0.1) is 0 Å². The van der Waals surface area contributed by atoms with Crippen LogP contribution in [0.25, 0.3) is 0 Å². The summed E-state index contributed by atoms with van der Waals surface area (Å²) in [5, 5.41) is 10.4. The Kier molecular flexibility index (Phi) is 5.50. The number of rotatable bonds is 6. The van der Waals surface area contributed by atoms with Crippen molar-refractivity contribution in [3.05, 3.63) is 12.7 Å². The van der Waals surface area contributed by atoms with Crippen LogP contribution in [0.15, 0.2) is 12.7 Å². The van der Waals surface area contributed by atoms with E-state index in [1.54, 1.807) is 0 Å². The lowest BCUT2D eigenvalue weighted by Crippen LogP contribution is -2.55. The van der Waals surface area contributed by atoms with Gasteiger partial charge in [0.15, 0.2) is 0 Å². The molecular weight excluding hydrogens is 198 g/mol. The summed E-state index contributed by atoms with van der Waals surface area (Å²) < 4.78 is 0. The Labute approximate surface area is 100 Å². The molecule has 1 fully saturated rings. The smallest absolute Gasteiger partial charge is 0.0724 e. The lowest BCUT2D eigenvalue weighted by Gasteiger charge is -2.46. The summed E-state index contributed by atoms with van der Waals surface area (Å²) in [6, 6.07) is 0. The molecule has 0 amide bonds. The Morgan fingerprint density at radius 3 is 2.50 bits per heavy atom. The van der Waals surface area contributed by atoms with Crippen molar-refractivity contribution in [1.82, 2.24) is 4.90 Å². The van der Waals surface area contributed by atoms with Gasteiger partial charge in [-0.3, -0.25) is 4.90 Å². The first-order chi connectivity index (χ1) is 7.65. The van der Waals surface area contributed by atoms with Crippen molar-refractivity contribution in [2.24, 2.45) is 0 Å². The summed E-state index contributed by atoms with van der Waals surface area (Å²) in [7, 11) is 0. The monoisotopic (exact) mass is 225 g/mol. The third-order valence-electron chi connectivity index (χ3n) is 4.16. The van der Waals surface area contributed by atoms with E-state index in [2.05, 4.69) is 25.3 Å². The van der Waals surface area contributed by atoms with Crippen LogP contribution in [0.5, 0.6) is 0 Å². The van der Waals surface area contributed by atoms with Gasteiger partial charge in [0, 0.05) is 5.54 Å². The number of piperidine rings is 1. The number of hydrogen-bond acceptors (Lipinski definition) is 2. The third kappa shape index (κ3) is 3.08. The molecule has 1 saturated heterocycles. The second kappa shape index (κ2) is 6.41. The Hall–Kier alpha value is -0.340. The van der Waals surface area contributed by atoms with Gasteiger partial charge in [-0.05, 0) is 52.1 Å². The van der Waals surface area contributed by atoms with Crippen molar-refractivity contribution in [2.75, 3.05) is 13.1 Å². The summed E-state index contributed by atoms with van der Waals surface area (Å²) in [5.41, 5.74) is -0.0383. The van der Waals surface area contributed by atoms with Crippen LogP contribution in [0.2, 0.25) is 0 Å². The first-order valence-electron chi connectivity index (χ1n) is 6.69. The molecule has 2 atom stereocenters. The van der Waals surface area contributed by atoms with E-state index in [-0.39, 0.29) is 11.6 Å². The SMILES string of the molecule is C=CCCC(O)C(C)(CC)N1CCCCC1. The Morgan fingerprint density at radius 1 is 1.38 bits per heavy atom. The molecule has 0 aromatic heterocycles. The van der Waals surface area contributed by atoms with Crippen molar-refractivity contribution in [3.63, 3.8) is 0 Å². The normalized spacial score (nSPS) is 23.7. The van der Waals surface area contributed by atoms with Crippen LogP contribution < -0.4 is 0 Å². The topological polar surface area (TPSA) is 23.5 Å². The lowest BCUT2D eigenvalue weighted by atomic mass is 9.85. The Balaban J connectivity index is 2.61. The van der Waals surface area contributed by atoms with Crippen molar-refractivity contribution in [2.45, 2.75) is 64.0 Å². The number of allylic oxidation sites excluding steroid dienone is 1. The molecule has 0 aromatic carbocycles. The Bertz CT molecular complexity index is 211. The summed E-state index contributed by atoms with van der Waals surface area (Å²) in [6.45, 7) is 10.4. The average Bonchev–Trinajstić information content (AvgIpc) is 2.35. The molecule has 16 heavy (non-hydrogen) atoms. The lowest BCUT2D eigenvalue weighted by molar-refractivity contribution is -0.0364. The van der Waals surface area contributed by atoms with Gasteiger partial charge < -0.3 is 5.11 Å². The summed E-state index contributed by atoms with van der Waals surface area (Å²) in [4.78, 5) is 2.49. The number of hydrogen-bond donors (Lipinski definition) is 1. The van der Waals surface area contributed by atoms with E-state index in [0.29, 0.717) is 0 Å². The molecule has 1 rings (SSSR count). The zero-order valence-electron chi connectivity index (χ0n) is 10.9. The summed E-state index contributed by atoms with van der Waals surface area (Å²) in [6.07, 6.45) is 8.34. The molecule has 1 aliphatic rings. The molecule has 2 heteroatoms. The van der Waals surface area contributed by atoms with E-state index in [9.17, 15) is 5.11 Å². The molecule has 0 saturated carbocycles. The molecule has 0 aromatic rings. The molecular formula is C14H27NO. The van der Waals surface area contributed by atoms with Gasteiger partial charge in [-0.25, -0.2) is 0 Å². The van der Waals surface area contributed by atoms with Gasteiger partial charge in [0.1, 0.15) is 0 Å². The fraction of sp³-hybridized carbons (Fsp3) is 0.857. The zero-order chi connectivity index (χ0) is 12.0. The molecule has 1 aliphatic heterocycles. The van der Waals surface area contributed by atoms with Gasteiger partial charge in [-0.1, -0.05) is 19.4 Å². The van der Waals surface area contributed by atoms with E-state index >= 15 is 0 Å². The maximum absolute atomic E-state index is 10.4. The van der Waals surface area contributed by atoms with Crippen LogP contribution in [0.3, 0.4) is 0 Å². The van der Waals surface area contributed by atoms with Crippen molar-refractivity contribution >= 4 is 0 Å². The van der Waals surface area contributed by atoms with Crippen molar-refractivity contribution in [3.8, 4) is 0 Å². The first kappa shape index (κ1) is 13.7. The quantitative estimate of drug-likeness (QED) is 0.703. The minimum Gasteiger partial charge on any atom is -0.391 e. The second-order valence-corrected chi connectivity index (χ2v) is 5.14. The van der Waals surface area contributed by atoms with Gasteiger partial charge in [0.2, 0.25) is 0 Å². The number of aliphatic hydroxyl groups excluding tert-OH is 1.